The fraction of sp³-hybridized carbons (Fsp3) is 0.786. The van der Waals surface area contributed by atoms with Crippen molar-refractivity contribution in [1.82, 2.24) is 14.9 Å². The normalized spacial score (nSPS) is 19.2. The van der Waals surface area contributed by atoms with Gasteiger partial charge in [0.15, 0.2) is 0 Å². The van der Waals surface area contributed by atoms with Crippen LogP contribution in [0.15, 0.2) is 12.4 Å². The molecule has 0 aliphatic heterocycles. The molecule has 1 aromatic rings. The molecule has 0 spiro atoms. The highest BCUT2D eigenvalue weighted by Gasteiger charge is 2.24. The van der Waals surface area contributed by atoms with E-state index >= 15 is 0 Å². The van der Waals surface area contributed by atoms with E-state index in [2.05, 4.69) is 41.8 Å². The summed E-state index contributed by atoms with van der Waals surface area (Å²) in [5.41, 5.74) is 0. The van der Waals surface area contributed by atoms with E-state index in [1.807, 2.05) is 6.20 Å². The van der Waals surface area contributed by atoms with Crippen LogP contribution in [0.3, 0.4) is 0 Å². The number of aryl methyl sites for hydroxylation is 1. The molecule has 0 aromatic carbocycles. The maximum Gasteiger partial charge on any atom is 0.111 e. The van der Waals surface area contributed by atoms with E-state index in [0.29, 0.717) is 11.8 Å². The van der Waals surface area contributed by atoms with Crippen molar-refractivity contribution in [3.63, 3.8) is 0 Å². The number of aromatic nitrogens is 2. The average molecular weight is 235 g/mol. The van der Waals surface area contributed by atoms with Crippen molar-refractivity contribution in [2.75, 3.05) is 6.54 Å². The van der Waals surface area contributed by atoms with Gasteiger partial charge in [-0.2, -0.15) is 0 Å². The molecule has 3 nitrogen and oxygen atoms in total. The van der Waals surface area contributed by atoms with Gasteiger partial charge in [0, 0.05) is 30.9 Å². The van der Waals surface area contributed by atoms with Crippen molar-refractivity contribution >= 4 is 0 Å². The number of rotatable bonds is 7. The Morgan fingerprint density at radius 2 is 2.24 bits per heavy atom. The zero-order valence-electron chi connectivity index (χ0n) is 11.3. The lowest BCUT2D eigenvalue weighted by Crippen LogP contribution is -2.27. The summed E-state index contributed by atoms with van der Waals surface area (Å²) in [5, 5.41) is 3.61. The first-order chi connectivity index (χ1) is 8.22. The second-order valence-electron chi connectivity index (χ2n) is 5.43. The maximum absolute atomic E-state index is 4.53. The van der Waals surface area contributed by atoms with Crippen LogP contribution in [-0.4, -0.2) is 22.1 Å². The number of hydrogen-bond acceptors (Lipinski definition) is 2. The van der Waals surface area contributed by atoms with E-state index in [9.17, 15) is 0 Å². The summed E-state index contributed by atoms with van der Waals surface area (Å²) >= 11 is 0. The fourth-order valence-electron chi connectivity index (χ4n) is 2.22. The number of hydrogen-bond donors (Lipinski definition) is 1. The molecule has 1 aliphatic carbocycles. The molecule has 1 heterocycles. The molecule has 1 saturated carbocycles. The van der Waals surface area contributed by atoms with E-state index in [1.54, 1.807) is 0 Å². The minimum Gasteiger partial charge on any atom is -0.335 e. The third kappa shape index (κ3) is 3.32. The van der Waals surface area contributed by atoms with Crippen LogP contribution in [-0.2, 0) is 6.54 Å². The second kappa shape index (κ2) is 5.67. The zero-order chi connectivity index (χ0) is 12.3. The summed E-state index contributed by atoms with van der Waals surface area (Å²) in [6.07, 6.45) is 7.95. The lowest BCUT2D eigenvalue weighted by Gasteiger charge is -2.21. The summed E-state index contributed by atoms with van der Waals surface area (Å²) in [7, 11) is 0. The van der Waals surface area contributed by atoms with E-state index in [4.69, 9.17) is 0 Å². The highest BCUT2D eigenvalue weighted by Crippen LogP contribution is 2.24. The van der Waals surface area contributed by atoms with Gasteiger partial charge in [0.1, 0.15) is 5.82 Å². The van der Waals surface area contributed by atoms with E-state index in [1.165, 1.54) is 25.1 Å². The predicted octanol–water partition coefficient (Wildman–Crippen LogP) is 2.78. The first-order valence-electron chi connectivity index (χ1n) is 6.96. The van der Waals surface area contributed by atoms with E-state index in [0.717, 1.165) is 19.1 Å². The van der Waals surface area contributed by atoms with Crippen LogP contribution in [0, 0.1) is 5.92 Å². The van der Waals surface area contributed by atoms with Gasteiger partial charge in [-0.1, -0.05) is 20.8 Å². The van der Waals surface area contributed by atoms with Crippen LogP contribution in [0.2, 0.25) is 0 Å². The van der Waals surface area contributed by atoms with Crippen LogP contribution in [0.1, 0.15) is 51.8 Å². The van der Waals surface area contributed by atoms with Gasteiger partial charge in [-0.25, -0.2) is 4.98 Å². The van der Waals surface area contributed by atoms with Crippen LogP contribution < -0.4 is 5.32 Å². The van der Waals surface area contributed by atoms with E-state index in [-0.39, 0.29) is 0 Å². The molecule has 2 rings (SSSR count). The quantitative estimate of drug-likeness (QED) is 0.787. The largest absolute Gasteiger partial charge is 0.335 e. The van der Waals surface area contributed by atoms with Crippen molar-refractivity contribution < 1.29 is 0 Å². The minimum absolute atomic E-state index is 0.530. The Morgan fingerprint density at radius 3 is 2.88 bits per heavy atom. The molecule has 1 fully saturated rings. The lowest BCUT2D eigenvalue weighted by molar-refractivity contribution is 0.419. The van der Waals surface area contributed by atoms with Gasteiger partial charge in [-0.15, -0.1) is 0 Å². The number of nitrogens with one attached hydrogen (secondary N) is 1. The number of nitrogens with zero attached hydrogens (tertiary/aromatic N) is 2. The molecule has 1 aromatic heterocycles. The van der Waals surface area contributed by atoms with Crippen molar-refractivity contribution in [3.05, 3.63) is 18.2 Å². The van der Waals surface area contributed by atoms with Crippen LogP contribution in [0.5, 0.6) is 0 Å². The fourth-order valence-corrected chi connectivity index (χ4v) is 2.22. The third-order valence-electron chi connectivity index (χ3n) is 3.78. The monoisotopic (exact) mass is 235 g/mol. The Bertz CT molecular complexity index is 341. The average Bonchev–Trinajstić information content (AvgIpc) is 3.05. The SMILES string of the molecule is CCCn1ccnc1C(C)C(C)CNC1CC1. The Labute approximate surface area is 105 Å². The molecule has 1 aliphatic rings. The van der Waals surface area contributed by atoms with Gasteiger partial charge in [0.2, 0.25) is 0 Å². The molecule has 0 saturated heterocycles. The molecule has 0 radical (unpaired) electrons. The van der Waals surface area contributed by atoms with Crippen molar-refractivity contribution in [2.24, 2.45) is 5.92 Å². The Kier molecular flexibility index (Phi) is 4.21. The molecule has 0 amide bonds. The number of imidazole rings is 1. The predicted molar refractivity (Wildman–Crippen MR) is 71.1 cm³/mol. The maximum atomic E-state index is 4.53. The highest BCUT2D eigenvalue weighted by atomic mass is 15.1. The summed E-state index contributed by atoms with van der Waals surface area (Å²) in [4.78, 5) is 4.53. The van der Waals surface area contributed by atoms with Gasteiger partial charge < -0.3 is 9.88 Å². The standard InChI is InChI=1S/C14H25N3/c1-4-8-17-9-7-15-14(17)12(3)11(2)10-16-13-5-6-13/h7,9,11-13,16H,4-6,8,10H2,1-3H3. The molecule has 2 unspecified atom stereocenters. The molecule has 3 heteroatoms. The van der Waals surface area contributed by atoms with Crippen LogP contribution in [0.25, 0.3) is 0 Å². The van der Waals surface area contributed by atoms with Crippen LogP contribution >= 0.6 is 0 Å². The summed E-state index contributed by atoms with van der Waals surface area (Å²) in [5.74, 6) is 2.42. The third-order valence-corrected chi connectivity index (χ3v) is 3.78. The van der Waals surface area contributed by atoms with Crippen LogP contribution in [0.4, 0.5) is 0 Å². The van der Waals surface area contributed by atoms with E-state index < -0.39 is 0 Å². The molecule has 0 bridgehead atoms. The van der Waals surface area contributed by atoms with Crippen molar-refractivity contribution in [2.45, 2.75) is 58.5 Å². The van der Waals surface area contributed by atoms with Gasteiger partial charge >= 0.3 is 0 Å². The molecule has 17 heavy (non-hydrogen) atoms. The molecule has 96 valence electrons. The second-order valence-corrected chi connectivity index (χ2v) is 5.43. The Morgan fingerprint density at radius 1 is 1.47 bits per heavy atom. The molecule has 2 atom stereocenters. The molecular weight excluding hydrogens is 210 g/mol. The summed E-state index contributed by atoms with van der Waals surface area (Å²) in [6, 6.07) is 0.806. The lowest BCUT2D eigenvalue weighted by atomic mass is 9.95. The first-order valence-corrected chi connectivity index (χ1v) is 6.96. The Hall–Kier alpha value is -0.830. The van der Waals surface area contributed by atoms with Crippen molar-refractivity contribution in [3.8, 4) is 0 Å². The summed E-state index contributed by atoms with van der Waals surface area (Å²) < 4.78 is 2.30. The van der Waals surface area contributed by atoms with Gasteiger partial charge in [0.05, 0.1) is 0 Å². The first kappa shape index (κ1) is 12.6. The molecule has 1 N–H and O–H groups in total. The minimum atomic E-state index is 0.530. The van der Waals surface area contributed by atoms with Gasteiger partial charge in [-0.3, -0.25) is 0 Å². The smallest absolute Gasteiger partial charge is 0.111 e. The Balaban J connectivity index is 1.91. The highest BCUT2D eigenvalue weighted by molar-refractivity contribution is 5.01. The summed E-state index contributed by atoms with van der Waals surface area (Å²) in [6.45, 7) is 9.04. The van der Waals surface area contributed by atoms with Gasteiger partial charge in [-0.05, 0) is 31.7 Å². The zero-order valence-corrected chi connectivity index (χ0v) is 11.3. The topological polar surface area (TPSA) is 29.9 Å². The molecular formula is C14H25N3. The van der Waals surface area contributed by atoms with Gasteiger partial charge in [0.25, 0.3) is 0 Å². The van der Waals surface area contributed by atoms with Crippen molar-refractivity contribution in [1.29, 1.82) is 0 Å².